The Labute approximate surface area is 253 Å². The molecule has 3 aromatic carbocycles. The number of carboxylic acids is 1. The molecule has 212 valence electrons. The molecular weight excluding hydrogens is 576 g/mol. The molecule has 0 bridgehead atoms. The van der Waals surface area contributed by atoms with Crippen molar-refractivity contribution in [2.75, 3.05) is 23.0 Å². The largest absolute Gasteiger partial charge is 0.480 e. The number of aromatic nitrogens is 1. The molecule has 0 saturated heterocycles. The predicted molar refractivity (Wildman–Crippen MR) is 169 cm³/mol. The number of hydrogen-bond acceptors (Lipinski definition) is 6. The van der Waals surface area contributed by atoms with Gasteiger partial charge in [-0.3, -0.25) is 4.79 Å². The number of aliphatic carboxylic acids is 1. The number of fused-ring (bicyclic) bond motifs is 2. The molecule has 2 N–H and O–H groups in total. The summed E-state index contributed by atoms with van der Waals surface area (Å²) in [4.78, 5) is 29.7. The maximum atomic E-state index is 13.1. The van der Waals surface area contributed by atoms with Gasteiger partial charge in [-0.1, -0.05) is 58.5 Å². The van der Waals surface area contributed by atoms with Crippen molar-refractivity contribution in [3.8, 4) is 0 Å². The number of nitrogens with one attached hydrogen (secondary N) is 1. The molecule has 1 aliphatic heterocycles. The van der Waals surface area contributed by atoms with Crippen LogP contribution in [0.2, 0.25) is 5.02 Å². The van der Waals surface area contributed by atoms with Gasteiger partial charge in [-0.25, -0.2) is 4.79 Å². The van der Waals surface area contributed by atoms with Gasteiger partial charge in [0.05, 0.1) is 23.5 Å². The Morgan fingerprint density at radius 2 is 1.83 bits per heavy atom. The Balaban J connectivity index is 1.34. The summed E-state index contributed by atoms with van der Waals surface area (Å²) in [5.74, 6) is -1.10. The summed E-state index contributed by atoms with van der Waals surface area (Å²) in [6.45, 7) is 6.25. The topological polar surface area (TPSA) is 76.8 Å². The van der Waals surface area contributed by atoms with E-state index in [1.807, 2.05) is 49.4 Å². The lowest BCUT2D eigenvalue weighted by Crippen LogP contribution is -2.42. The second-order valence-corrected chi connectivity index (χ2v) is 12.7. The number of thiazole rings is 1. The Morgan fingerprint density at radius 3 is 2.56 bits per heavy atom. The molecule has 1 aliphatic rings. The molecule has 0 aliphatic carbocycles. The van der Waals surface area contributed by atoms with Gasteiger partial charge in [-0.2, -0.15) is 4.57 Å². The first-order valence-electron chi connectivity index (χ1n) is 13.3. The number of nitrogens with zero attached hydrogens (tertiary/aromatic N) is 3. The number of hydrogen-bond donors (Lipinski definition) is 2. The molecule has 4 aromatic rings. The van der Waals surface area contributed by atoms with Gasteiger partial charge in [-0.15, -0.1) is 0 Å². The van der Waals surface area contributed by atoms with Crippen molar-refractivity contribution in [1.29, 1.82) is 0 Å². The lowest BCUT2D eigenvalue weighted by Gasteiger charge is -2.29. The van der Waals surface area contributed by atoms with Gasteiger partial charge in [0, 0.05) is 34.6 Å². The van der Waals surface area contributed by atoms with Crippen LogP contribution in [0.25, 0.3) is 16.3 Å². The van der Waals surface area contributed by atoms with Gasteiger partial charge in [0.2, 0.25) is 11.4 Å². The fourth-order valence-corrected chi connectivity index (χ4v) is 7.13. The minimum absolute atomic E-state index is 0.151. The minimum atomic E-state index is -0.937. The van der Waals surface area contributed by atoms with Gasteiger partial charge in [0.1, 0.15) is 17.8 Å². The van der Waals surface area contributed by atoms with Crippen LogP contribution in [0.5, 0.6) is 0 Å². The summed E-state index contributed by atoms with van der Waals surface area (Å²) in [5.41, 5.74) is 5.19. The van der Waals surface area contributed by atoms with Gasteiger partial charge in [0.15, 0.2) is 0 Å². The number of halogens is 1. The molecule has 1 aromatic heterocycles. The minimum Gasteiger partial charge on any atom is -0.480 e. The van der Waals surface area contributed by atoms with Crippen LogP contribution in [0.15, 0.2) is 70.6 Å². The molecule has 41 heavy (non-hydrogen) atoms. The maximum absolute atomic E-state index is 13.1. The van der Waals surface area contributed by atoms with Gasteiger partial charge >= 0.3 is 5.97 Å². The number of aryl methyl sites for hydroxylation is 3. The summed E-state index contributed by atoms with van der Waals surface area (Å²) in [5, 5.41) is 15.4. The third-order valence-corrected chi connectivity index (χ3v) is 9.68. The Bertz CT molecular complexity index is 1650. The Morgan fingerprint density at radius 1 is 1.10 bits per heavy atom. The first-order chi connectivity index (χ1) is 19.6. The number of thioether (sulfide) groups is 1. The highest BCUT2D eigenvalue weighted by Gasteiger charge is 2.28. The van der Waals surface area contributed by atoms with Gasteiger partial charge in [0.25, 0.3) is 5.01 Å². The number of rotatable bonds is 9. The fourth-order valence-electron chi connectivity index (χ4n) is 4.75. The molecule has 5 rings (SSSR count). The first-order valence-corrected chi connectivity index (χ1v) is 15.3. The van der Waals surface area contributed by atoms with Crippen LogP contribution in [0.4, 0.5) is 11.4 Å². The summed E-state index contributed by atoms with van der Waals surface area (Å²) in [7, 11) is 2.07. The molecule has 7 nitrogen and oxygen atoms in total. The highest BCUT2D eigenvalue weighted by Crippen LogP contribution is 2.47. The number of carbonyl (C=O) groups is 2. The Hall–Kier alpha value is -3.53. The molecule has 1 atom stereocenters. The van der Waals surface area contributed by atoms with Crippen molar-refractivity contribution in [3.05, 3.63) is 86.8 Å². The van der Waals surface area contributed by atoms with Crippen LogP contribution in [0, 0.1) is 13.8 Å². The lowest BCUT2D eigenvalue weighted by atomic mass is 10.1. The van der Waals surface area contributed by atoms with Crippen LogP contribution < -0.4 is 19.7 Å². The van der Waals surface area contributed by atoms with E-state index < -0.39 is 12.0 Å². The zero-order valence-corrected chi connectivity index (χ0v) is 25.7. The summed E-state index contributed by atoms with van der Waals surface area (Å²) < 4.78 is 3.40. The van der Waals surface area contributed by atoms with E-state index in [1.165, 1.54) is 15.8 Å². The van der Waals surface area contributed by atoms with E-state index in [4.69, 9.17) is 11.6 Å². The second kappa shape index (κ2) is 12.1. The molecule has 1 unspecified atom stereocenters. The van der Waals surface area contributed by atoms with E-state index in [1.54, 1.807) is 34.9 Å². The van der Waals surface area contributed by atoms with Crippen molar-refractivity contribution < 1.29 is 19.3 Å². The summed E-state index contributed by atoms with van der Waals surface area (Å²) in [6, 6.07) is 19.1. The normalized spacial score (nSPS) is 14.4. The van der Waals surface area contributed by atoms with Crippen LogP contribution in [0.3, 0.4) is 0 Å². The van der Waals surface area contributed by atoms with E-state index in [0.717, 1.165) is 31.9 Å². The van der Waals surface area contributed by atoms with Crippen molar-refractivity contribution in [2.24, 2.45) is 7.05 Å². The molecule has 10 heteroatoms. The van der Waals surface area contributed by atoms with E-state index in [2.05, 4.69) is 53.0 Å². The molecule has 0 fully saturated rings. The fraction of sp³-hybridized carbons (Fsp3) is 0.258. The van der Waals surface area contributed by atoms with E-state index in [9.17, 15) is 14.7 Å². The van der Waals surface area contributed by atoms with E-state index >= 15 is 0 Å². The zero-order valence-electron chi connectivity index (χ0n) is 23.3. The highest BCUT2D eigenvalue weighted by molar-refractivity contribution is 8.03. The average Bonchev–Trinajstić information content (AvgIpc) is 3.44. The number of benzene rings is 3. The number of amides is 1. The van der Waals surface area contributed by atoms with Crippen molar-refractivity contribution in [3.63, 3.8) is 0 Å². The van der Waals surface area contributed by atoms with Gasteiger partial charge in [-0.05, 0) is 62.7 Å². The highest BCUT2D eigenvalue weighted by atomic mass is 35.5. The van der Waals surface area contributed by atoms with Gasteiger partial charge < -0.3 is 20.2 Å². The standard InChI is InChI=1S/C31H31ClN4O3S2/c1-19-5-9-23(10-6-19)35(21(3)31(38)39)14-13-28(37)33-18-36-25-16-22(32)8-12-27(25)41-30(36)17-29-34(4)24-15-20(2)7-11-26(24)40-29/h5-12,15-17,21H,13-14,18H2,1-4H3,(H-,33,37,38,39)/p+1. The van der Waals surface area contributed by atoms with Crippen LogP contribution in [-0.2, 0) is 16.6 Å². The SMILES string of the molecule is Cc1ccc(N(CCC(=O)NCN2C(=Cc3sc4ccc(C)cc4[n+]3C)Sc3ccc(Cl)cc32)C(C)C(=O)O)cc1. The van der Waals surface area contributed by atoms with E-state index in [-0.39, 0.29) is 25.5 Å². The maximum Gasteiger partial charge on any atom is 0.326 e. The van der Waals surface area contributed by atoms with Crippen LogP contribution in [-0.4, -0.2) is 36.2 Å². The van der Waals surface area contributed by atoms with Crippen LogP contribution >= 0.6 is 34.7 Å². The van der Waals surface area contributed by atoms with Crippen LogP contribution in [0.1, 0.15) is 29.5 Å². The van der Waals surface area contributed by atoms with E-state index in [0.29, 0.717) is 5.02 Å². The van der Waals surface area contributed by atoms with Crippen molar-refractivity contribution in [1.82, 2.24) is 5.32 Å². The molecule has 2 heterocycles. The quantitative estimate of drug-likeness (QED) is 0.216. The number of carboxylic acid groups (broad SMARTS) is 1. The summed E-state index contributed by atoms with van der Waals surface area (Å²) in [6.07, 6.45) is 2.30. The van der Waals surface area contributed by atoms with Crippen molar-refractivity contribution in [2.45, 2.75) is 38.1 Å². The first kappa shape index (κ1) is 29.0. The lowest BCUT2D eigenvalue weighted by molar-refractivity contribution is -0.642. The zero-order chi connectivity index (χ0) is 29.3. The predicted octanol–water partition coefficient (Wildman–Crippen LogP) is 6.35. The molecule has 0 spiro atoms. The molecule has 1 amide bonds. The third kappa shape index (κ3) is 6.37. The third-order valence-electron chi connectivity index (χ3n) is 7.16. The number of anilines is 2. The summed E-state index contributed by atoms with van der Waals surface area (Å²) >= 11 is 9.73. The molecule has 0 radical (unpaired) electrons. The average molecular weight is 608 g/mol. The second-order valence-electron chi connectivity index (χ2n) is 10.1. The molecule has 0 saturated carbocycles. The smallest absolute Gasteiger partial charge is 0.326 e. The molecular formula is C31H32ClN4O3S2+. The van der Waals surface area contributed by atoms with Crippen molar-refractivity contribution >= 4 is 74.2 Å². The Kier molecular flexibility index (Phi) is 8.58. The monoisotopic (exact) mass is 607 g/mol. The number of carbonyl (C=O) groups excluding carboxylic acids is 1.